The van der Waals surface area contributed by atoms with Gasteiger partial charge in [-0.3, -0.25) is 0 Å². The van der Waals surface area contributed by atoms with Crippen LogP contribution in [0.5, 0.6) is 5.75 Å². The molecule has 0 spiro atoms. The van der Waals surface area contributed by atoms with Crippen LogP contribution < -0.4 is 15.0 Å². The first-order chi connectivity index (χ1) is 12.5. The molecule has 0 fully saturated rings. The number of aryl methyl sites for hydroxylation is 1. The zero-order valence-corrected chi connectivity index (χ0v) is 16.3. The summed E-state index contributed by atoms with van der Waals surface area (Å²) in [5.74, 6) is 1.87. The molecule has 6 heteroatoms. The molecule has 2 aromatic heterocycles. The summed E-state index contributed by atoms with van der Waals surface area (Å²) in [6, 6.07) is 9.97. The van der Waals surface area contributed by atoms with Crippen molar-refractivity contribution in [2.24, 2.45) is 0 Å². The quantitative estimate of drug-likeness (QED) is 0.637. The third-order valence-electron chi connectivity index (χ3n) is 4.61. The van der Waals surface area contributed by atoms with E-state index in [0.29, 0.717) is 0 Å². The standard InChI is InChI=1S/C20H27N5O/c1-14-15(2)22-19-13-18(16-7-9-17(26-5)10-8-16)23-25(19)20(14)21-11-6-12-24(3)4/h7-10,13,21H,6,11-12H2,1-5H3/p+1. The zero-order chi connectivity index (χ0) is 18.7. The van der Waals surface area contributed by atoms with Gasteiger partial charge in [0.05, 0.1) is 33.4 Å². The molecule has 0 atom stereocenters. The van der Waals surface area contributed by atoms with Crippen LogP contribution in [0.1, 0.15) is 17.7 Å². The van der Waals surface area contributed by atoms with Gasteiger partial charge in [0.1, 0.15) is 11.6 Å². The van der Waals surface area contributed by atoms with Gasteiger partial charge in [-0.1, -0.05) is 0 Å². The van der Waals surface area contributed by atoms with E-state index in [-0.39, 0.29) is 0 Å². The number of nitrogens with zero attached hydrogens (tertiary/aromatic N) is 3. The molecule has 0 unspecified atom stereocenters. The highest BCUT2D eigenvalue weighted by Crippen LogP contribution is 2.25. The second-order valence-electron chi connectivity index (χ2n) is 6.94. The van der Waals surface area contributed by atoms with E-state index in [1.54, 1.807) is 7.11 Å². The average molecular weight is 354 g/mol. The van der Waals surface area contributed by atoms with Crippen molar-refractivity contribution in [2.45, 2.75) is 20.3 Å². The number of fused-ring (bicyclic) bond motifs is 1. The molecule has 138 valence electrons. The third-order valence-corrected chi connectivity index (χ3v) is 4.61. The molecule has 3 rings (SSSR count). The van der Waals surface area contributed by atoms with Gasteiger partial charge < -0.3 is 15.0 Å². The molecule has 2 N–H and O–H groups in total. The highest BCUT2D eigenvalue weighted by molar-refractivity contribution is 5.67. The predicted molar refractivity (Wildman–Crippen MR) is 105 cm³/mol. The molecular weight excluding hydrogens is 326 g/mol. The molecule has 0 aliphatic heterocycles. The Kier molecular flexibility index (Phi) is 5.42. The summed E-state index contributed by atoms with van der Waals surface area (Å²) >= 11 is 0. The van der Waals surface area contributed by atoms with Gasteiger partial charge >= 0.3 is 0 Å². The fraction of sp³-hybridized carbons (Fsp3) is 0.400. The summed E-state index contributed by atoms with van der Waals surface area (Å²) in [5, 5.41) is 8.36. The van der Waals surface area contributed by atoms with Gasteiger partial charge in [0, 0.05) is 35.9 Å². The Morgan fingerprint density at radius 2 is 1.88 bits per heavy atom. The number of nitrogens with one attached hydrogen (secondary N) is 2. The predicted octanol–water partition coefficient (Wildman–Crippen LogP) is 1.97. The lowest BCUT2D eigenvalue weighted by molar-refractivity contribution is -0.858. The summed E-state index contributed by atoms with van der Waals surface area (Å²) in [6.45, 7) is 6.19. The number of rotatable bonds is 7. The Morgan fingerprint density at radius 3 is 2.54 bits per heavy atom. The first-order valence-corrected chi connectivity index (χ1v) is 9.04. The van der Waals surface area contributed by atoms with Crippen LogP contribution >= 0.6 is 0 Å². The minimum absolute atomic E-state index is 0.840. The highest BCUT2D eigenvalue weighted by Gasteiger charge is 2.13. The topological polar surface area (TPSA) is 55.9 Å². The summed E-state index contributed by atoms with van der Waals surface area (Å²) < 4.78 is 7.16. The molecule has 6 nitrogen and oxygen atoms in total. The lowest BCUT2D eigenvalue weighted by atomic mass is 10.1. The van der Waals surface area contributed by atoms with Crippen LogP contribution in [0.15, 0.2) is 30.3 Å². The Morgan fingerprint density at radius 1 is 1.15 bits per heavy atom. The van der Waals surface area contributed by atoms with E-state index >= 15 is 0 Å². The maximum absolute atomic E-state index is 5.24. The number of quaternary nitrogens is 1. The van der Waals surface area contributed by atoms with Crippen molar-refractivity contribution in [2.75, 3.05) is 39.6 Å². The Balaban J connectivity index is 1.93. The molecular formula is C20H28N5O+. The van der Waals surface area contributed by atoms with Crippen LogP contribution in [0, 0.1) is 13.8 Å². The fourth-order valence-electron chi connectivity index (χ4n) is 2.96. The lowest BCUT2D eigenvalue weighted by Crippen LogP contribution is -3.05. The number of hydrogen-bond donors (Lipinski definition) is 2. The molecule has 1 aromatic carbocycles. The van der Waals surface area contributed by atoms with Crippen molar-refractivity contribution >= 4 is 11.5 Å². The minimum Gasteiger partial charge on any atom is -0.497 e. The van der Waals surface area contributed by atoms with E-state index in [9.17, 15) is 0 Å². The number of hydrogen-bond acceptors (Lipinski definition) is 4. The largest absolute Gasteiger partial charge is 0.497 e. The highest BCUT2D eigenvalue weighted by atomic mass is 16.5. The van der Waals surface area contributed by atoms with Crippen LogP contribution in [-0.4, -0.2) is 48.9 Å². The van der Waals surface area contributed by atoms with Crippen LogP contribution in [-0.2, 0) is 0 Å². The SMILES string of the molecule is COc1ccc(-c2cc3nc(C)c(C)c(NCCC[NH+](C)C)n3n2)cc1. The first kappa shape index (κ1) is 18.2. The van der Waals surface area contributed by atoms with Crippen LogP contribution in [0.4, 0.5) is 5.82 Å². The molecule has 0 radical (unpaired) electrons. The number of methoxy groups -OCH3 is 1. The van der Waals surface area contributed by atoms with E-state index in [0.717, 1.165) is 59.2 Å². The molecule has 2 heterocycles. The Labute approximate surface area is 154 Å². The van der Waals surface area contributed by atoms with Gasteiger partial charge in [0.2, 0.25) is 0 Å². The van der Waals surface area contributed by atoms with E-state index in [1.165, 1.54) is 4.90 Å². The van der Waals surface area contributed by atoms with E-state index in [1.807, 2.05) is 41.8 Å². The molecule has 3 aromatic rings. The van der Waals surface area contributed by atoms with Crippen LogP contribution in [0.2, 0.25) is 0 Å². The van der Waals surface area contributed by atoms with Crippen molar-refractivity contribution in [1.29, 1.82) is 0 Å². The number of aromatic nitrogens is 3. The van der Waals surface area contributed by atoms with E-state index < -0.39 is 0 Å². The Hall–Kier alpha value is -2.60. The van der Waals surface area contributed by atoms with E-state index in [4.69, 9.17) is 14.8 Å². The van der Waals surface area contributed by atoms with Crippen LogP contribution in [0.3, 0.4) is 0 Å². The normalized spacial score (nSPS) is 11.3. The lowest BCUT2D eigenvalue weighted by Gasteiger charge is -2.13. The second-order valence-corrected chi connectivity index (χ2v) is 6.94. The first-order valence-electron chi connectivity index (χ1n) is 9.04. The summed E-state index contributed by atoms with van der Waals surface area (Å²) in [4.78, 5) is 6.16. The summed E-state index contributed by atoms with van der Waals surface area (Å²) in [6.07, 6.45) is 1.11. The number of ether oxygens (including phenoxy) is 1. The van der Waals surface area contributed by atoms with Crippen molar-refractivity contribution in [1.82, 2.24) is 14.6 Å². The molecule has 0 saturated carbocycles. The summed E-state index contributed by atoms with van der Waals surface area (Å²) in [5.41, 5.74) is 4.98. The van der Waals surface area contributed by atoms with Crippen molar-refractivity contribution in [3.8, 4) is 17.0 Å². The molecule has 0 bridgehead atoms. The second kappa shape index (κ2) is 7.74. The van der Waals surface area contributed by atoms with Gasteiger partial charge in [-0.05, 0) is 38.1 Å². The number of benzene rings is 1. The molecule has 26 heavy (non-hydrogen) atoms. The third kappa shape index (κ3) is 3.80. The maximum atomic E-state index is 5.24. The number of anilines is 1. The Bertz CT molecular complexity index is 883. The van der Waals surface area contributed by atoms with Crippen molar-refractivity contribution in [3.05, 3.63) is 41.6 Å². The van der Waals surface area contributed by atoms with Crippen molar-refractivity contribution in [3.63, 3.8) is 0 Å². The molecule has 0 aliphatic carbocycles. The van der Waals surface area contributed by atoms with Gasteiger partial charge in [-0.2, -0.15) is 9.61 Å². The zero-order valence-electron chi connectivity index (χ0n) is 16.3. The molecule has 0 aliphatic rings. The monoisotopic (exact) mass is 354 g/mol. The van der Waals surface area contributed by atoms with Gasteiger partial charge in [-0.25, -0.2) is 4.98 Å². The van der Waals surface area contributed by atoms with Gasteiger partial charge in [-0.15, -0.1) is 0 Å². The van der Waals surface area contributed by atoms with E-state index in [2.05, 4.69) is 26.3 Å². The summed E-state index contributed by atoms with van der Waals surface area (Å²) in [7, 11) is 6.02. The molecule has 0 amide bonds. The van der Waals surface area contributed by atoms with Crippen LogP contribution in [0.25, 0.3) is 16.9 Å². The van der Waals surface area contributed by atoms with Gasteiger partial charge in [0.15, 0.2) is 5.65 Å². The minimum atomic E-state index is 0.840. The maximum Gasteiger partial charge on any atom is 0.158 e. The fourth-order valence-corrected chi connectivity index (χ4v) is 2.96. The van der Waals surface area contributed by atoms with Gasteiger partial charge in [0.25, 0.3) is 0 Å². The van der Waals surface area contributed by atoms with Crippen molar-refractivity contribution < 1.29 is 9.64 Å². The average Bonchev–Trinajstić information content (AvgIpc) is 3.04. The molecule has 0 saturated heterocycles. The smallest absolute Gasteiger partial charge is 0.158 e.